The topological polar surface area (TPSA) is 39.5 Å². The molecule has 0 radical (unpaired) electrons. The van der Waals surface area contributed by atoms with Crippen molar-refractivity contribution in [3.63, 3.8) is 0 Å². The Kier molecular flexibility index (Phi) is 4.95. The molecule has 24 heavy (non-hydrogen) atoms. The van der Waals surface area contributed by atoms with Gasteiger partial charge in [-0.25, -0.2) is 0 Å². The molecule has 4 rings (SSSR count). The second kappa shape index (κ2) is 7.16. The maximum Gasteiger partial charge on any atom is 0.0785 e. The molecule has 0 N–H and O–H groups in total. The van der Waals surface area contributed by atoms with Gasteiger partial charge in [-0.2, -0.15) is 5.10 Å². The third-order valence-electron chi connectivity index (χ3n) is 5.86. The maximum atomic E-state index is 5.98. The molecule has 0 bridgehead atoms. The van der Waals surface area contributed by atoms with Crippen LogP contribution in [0.2, 0.25) is 5.02 Å². The van der Waals surface area contributed by atoms with Crippen molar-refractivity contribution in [3.8, 4) is 0 Å². The minimum Gasteiger partial charge on any atom is -0.380 e. The first-order valence-electron chi connectivity index (χ1n) is 9.05. The number of rotatable bonds is 4. The number of likely N-dealkylation sites (tertiary alicyclic amines) is 1. The molecule has 0 spiro atoms. The number of ether oxygens (including phenoxy) is 2. The normalized spacial score (nSPS) is 31.5. The Morgan fingerprint density at radius 3 is 3.04 bits per heavy atom. The molecule has 5 nitrogen and oxygen atoms in total. The van der Waals surface area contributed by atoms with E-state index in [1.54, 1.807) is 11.8 Å². The molecule has 2 saturated heterocycles. The van der Waals surface area contributed by atoms with Crippen LogP contribution in [-0.2, 0) is 16.0 Å². The predicted molar refractivity (Wildman–Crippen MR) is 93.2 cm³/mol. The van der Waals surface area contributed by atoms with E-state index in [0.717, 1.165) is 52.4 Å². The molecule has 0 aromatic carbocycles. The van der Waals surface area contributed by atoms with Crippen LogP contribution in [0.4, 0.5) is 0 Å². The molecular weight excluding hydrogens is 326 g/mol. The predicted octanol–water partition coefficient (Wildman–Crippen LogP) is 2.75. The van der Waals surface area contributed by atoms with E-state index in [1.165, 1.54) is 19.4 Å². The quantitative estimate of drug-likeness (QED) is 0.782. The van der Waals surface area contributed by atoms with Crippen molar-refractivity contribution in [2.24, 2.45) is 5.41 Å². The Balaban J connectivity index is 1.51. The van der Waals surface area contributed by atoms with Gasteiger partial charge in [0.25, 0.3) is 0 Å². The number of fused-ring (bicyclic) bond motifs is 1. The smallest absolute Gasteiger partial charge is 0.0785 e. The highest BCUT2D eigenvalue weighted by molar-refractivity contribution is 6.30. The second-order valence-electron chi connectivity index (χ2n) is 7.13. The number of hydrogen-bond acceptors (Lipinski definition) is 4. The highest BCUT2D eigenvalue weighted by Gasteiger charge is 2.48. The van der Waals surface area contributed by atoms with Crippen LogP contribution < -0.4 is 0 Å². The Labute approximate surface area is 148 Å². The molecule has 0 aliphatic carbocycles. The first-order chi connectivity index (χ1) is 11.8. The minimum atomic E-state index is 0.196. The van der Waals surface area contributed by atoms with Gasteiger partial charge in [0.15, 0.2) is 0 Å². The summed E-state index contributed by atoms with van der Waals surface area (Å²) < 4.78 is 13.5. The van der Waals surface area contributed by atoms with Crippen molar-refractivity contribution >= 4 is 11.6 Å². The van der Waals surface area contributed by atoms with Crippen LogP contribution in [-0.4, -0.2) is 60.2 Å². The van der Waals surface area contributed by atoms with Gasteiger partial charge < -0.3 is 9.47 Å². The van der Waals surface area contributed by atoms with Gasteiger partial charge in [-0.05, 0) is 32.2 Å². The lowest BCUT2D eigenvalue weighted by atomic mass is 9.65. The number of nitrogens with zero attached hydrogens (tertiary/aromatic N) is 3. The van der Waals surface area contributed by atoms with E-state index in [9.17, 15) is 0 Å². The summed E-state index contributed by atoms with van der Waals surface area (Å²) in [4.78, 5) is 2.66. The molecule has 1 aromatic rings. The summed E-state index contributed by atoms with van der Waals surface area (Å²) in [5, 5.41) is 5.03. The Hall–Kier alpha value is -0.880. The van der Waals surface area contributed by atoms with Gasteiger partial charge in [-0.15, -0.1) is 0 Å². The fourth-order valence-corrected chi connectivity index (χ4v) is 4.91. The van der Waals surface area contributed by atoms with Crippen LogP contribution in [0.1, 0.15) is 25.7 Å². The molecule has 2 fully saturated rings. The molecule has 1 aromatic heterocycles. The molecule has 0 amide bonds. The van der Waals surface area contributed by atoms with Crippen molar-refractivity contribution < 1.29 is 9.47 Å². The number of piperidine rings is 1. The standard InChI is InChI=1S/C18H26ClN3O2/c19-16-12-20-22(13-16)8-7-21-6-1-5-18(14-24-11-4-17(18)21)15-2-9-23-10-3-15/h2,12-13,17H,1,3-11,14H2/t17-,18-/m1/s1. The first kappa shape index (κ1) is 16.6. The Morgan fingerprint density at radius 2 is 2.25 bits per heavy atom. The summed E-state index contributed by atoms with van der Waals surface area (Å²) in [6, 6.07) is 0.579. The van der Waals surface area contributed by atoms with E-state index in [1.807, 2.05) is 10.9 Å². The van der Waals surface area contributed by atoms with E-state index in [2.05, 4.69) is 16.1 Å². The molecule has 4 heterocycles. The molecule has 2 atom stereocenters. The summed E-state index contributed by atoms with van der Waals surface area (Å²) in [6.45, 7) is 6.44. The van der Waals surface area contributed by atoms with Crippen LogP contribution in [0.3, 0.4) is 0 Å². The molecule has 0 saturated carbocycles. The first-order valence-corrected chi connectivity index (χ1v) is 9.43. The third-order valence-corrected chi connectivity index (χ3v) is 6.06. The van der Waals surface area contributed by atoms with Gasteiger partial charge in [-0.1, -0.05) is 23.3 Å². The average Bonchev–Trinajstić information content (AvgIpc) is 3.06. The summed E-state index contributed by atoms with van der Waals surface area (Å²) in [5.41, 5.74) is 1.77. The van der Waals surface area contributed by atoms with Crippen LogP contribution in [0.15, 0.2) is 24.0 Å². The molecule has 3 aliphatic heterocycles. The van der Waals surface area contributed by atoms with Crippen molar-refractivity contribution in [2.45, 2.75) is 38.3 Å². The fourth-order valence-electron chi connectivity index (χ4n) is 4.75. The van der Waals surface area contributed by atoms with E-state index >= 15 is 0 Å². The number of halogens is 1. The lowest BCUT2D eigenvalue weighted by molar-refractivity contribution is -0.0854. The highest BCUT2D eigenvalue weighted by atomic mass is 35.5. The average molecular weight is 352 g/mol. The lowest BCUT2D eigenvalue weighted by Crippen LogP contribution is -2.58. The maximum absolute atomic E-state index is 5.98. The van der Waals surface area contributed by atoms with Crippen LogP contribution in [0.5, 0.6) is 0 Å². The van der Waals surface area contributed by atoms with Gasteiger partial charge in [0, 0.05) is 30.8 Å². The highest BCUT2D eigenvalue weighted by Crippen LogP contribution is 2.47. The van der Waals surface area contributed by atoms with E-state index < -0.39 is 0 Å². The van der Waals surface area contributed by atoms with Gasteiger partial charge >= 0.3 is 0 Å². The van der Waals surface area contributed by atoms with Crippen molar-refractivity contribution in [1.29, 1.82) is 0 Å². The van der Waals surface area contributed by atoms with Crippen molar-refractivity contribution in [3.05, 3.63) is 29.1 Å². The molecular formula is C18H26ClN3O2. The zero-order chi connectivity index (χ0) is 16.4. The zero-order valence-electron chi connectivity index (χ0n) is 14.1. The van der Waals surface area contributed by atoms with Crippen molar-refractivity contribution in [2.75, 3.05) is 39.5 Å². The van der Waals surface area contributed by atoms with E-state index in [-0.39, 0.29) is 5.41 Å². The number of aromatic nitrogens is 2. The third kappa shape index (κ3) is 3.15. The molecule has 6 heteroatoms. The number of hydrogen-bond donors (Lipinski definition) is 0. The van der Waals surface area contributed by atoms with Gasteiger partial charge in [-0.3, -0.25) is 9.58 Å². The molecule has 3 aliphatic rings. The van der Waals surface area contributed by atoms with E-state index in [4.69, 9.17) is 21.1 Å². The van der Waals surface area contributed by atoms with Gasteiger partial charge in [0.1, 0.15) is 0 Å². The summed E-state index contributed by atoms with van der Waals surface area (Å²) in [7, 11) is 0. The SMILES string of the molecule is Clc1cnn(CCN2CCC[C@]3(C4=CCOCC4)COCC[C@@H]23)c1. The van der Waals surface area contributed by atoms with Crippen LogP contribution >= 0.6 is 11.6 Å². The lowest BCUT2D eigenvalue weighted by Gasteiger charge is -2.54. The van der Waals surface area contributed by atoms with Crippen LogP contribution in [0.25, 0.3) is 0 Å². The molecule has 132 valence electrons. The Bertz CT molecular complexity index is 599. The minimum absolute atomic E-state index is 0.196. The van der Waals surface area contributed by atoms with Gasteiger partial charge in [0.05, 0.1) is 37.6 Å². The molecule has 0 unspecified atom stereocenters. The zero-order valence-corrected chi connectivity index (χ0v) is 14.9. The summed E-state index contributed by atoms with van der Waals surface area (Å²) in [5.74, 6) is 0. The van der Waals surface area contributed by atoms with E-state index in [0.29, 0.717) is 11.1 Å². The second-order valence-corrected chi connectivity index (χ2v) is 7.57. The van der Waals surface area contributed by atoms with Crippen LogP contribution in [0, 0.1) is 5.41 Å². The monoisotopic (exact) mass is 351 g/mol. The fraction of sp³-hybridized carbons (Fsp3) is 0.722. The summed E-state index contributed by atoms with van der Waals surface area (Å²) >= 11 is 5.98. The Morgan fingerprint density at radius 1 is 1.29 bits per heavy atom. The van der Waals surface area contributed by atoms with Gasteiger partial charge in [0.2, 0.25) is 0 Å². The largest absolute Gasteiger partial charge is 0.380 e. The van der Waals surface area contributed by atoms with Crippen molar-refractivity contribution in [1.82, 2.24) is 14.7 Å². The summed E-state index contributed by atoms with van der Waals surface area (Å²) in [6.07, 6.45) is 10.6.